The van der Waals surface area contributed by atoms with Gasteiger partial charge in [-0.05, 0) is 0 Å². The average molecular weight is 237 g/mol. The van der Waals surface area contributed by atoms with Crippen molar-refractivity contribution in [1.82, 2.24) is 4.90 Å². The molecule has 0 amide bonds. The second kappa shape index (κ2) is 4.91. The van der Waals surface area contributed by atoms with Gasteiger partial charge in [0.25, 0.3) is 0 Å². The molecule has 1 saturated heterocycles. The zero-order chi connectivity index (χ0) is 11.5. The Bertz CT molecular complexity index is 312. The highest BCUT2D eigenvalue weighted by Crippen LogP contribution is 2.05. The average Bonchev–Trinajstić information content (AvgIpc) is 2.07. The van der Waals surface area contributed by atoms with Crippen molar-refractivity contribution < 1.29 is 23.4 Å². The third-order valence-electron chi connectivity index (χ3n) is 2.32. The number of carboxylic acids is 1. The van der Waals surface area contributed by atoms with E-state index in [0.29, 0.717) is 13.1 Å². The lowest BCUT2D eigenvalue weighted by atomic mass is 10.2. The summed E-state index contributed by atoms with van der Waals surface area (Å²) in [5.74, 6) is -0.869. The van der Waals surface area contributed by atoms with Crippen LogP contribution in [0.25, 0.3) is 0 Å². The zero-order valence-electron chi connectivity index (χ0n) is 8.29. The molecule has 1 fully saturated rings. The summed E-state index contributed by atoms with van der Waals surface area (Å²) in [5.41, 5.74) is 0. The van der Waals surface area contributed by atoms with Gasteiger partial charge in [-0.15, -0.1) is 0 Å². The number of rotatable bonds is 4. The molecule has 7 heteroatoms. The maximum atomic E-state index is 11.1. The van der Waals surface area contributed by atoms with Crippen LogP contribution in [0.4, 0.5) is 0 Å². The number of carboxylic acid groups (broad SMARTS) is 1. The van der Waals surface area contributed by atoms with E-state index in [1.807, 2.05) is 0 Å². The summed E-state index contributed by atoms with van der Waals surface area (Å²) in [4.78, 5) is 12.1. The van der Waals surface area contributed by atoms with Crippen LogP contribution in [0.15, 0.2) is 0 Å². The Labute approximate surface area is 88.4 Å². The van der Waals surface area contributed by atoms with Gasteiger partial charge >= 0.3 is 5.97 Å². The summed E-state index contributed by atoms with van der Waals surface area (Å²) in [5, 5.41) is 17.8. The second-order valence-electron chi connectivity index (χ2n) is 3.70. The lowest BCUT2D eigenvalue weighted by molar-refractivity contribution is -0.139. The number of nitrogens with zero attached hydrogens (tertiary/aromatic N) is 1. The van der Waals surface area contributed by atoms with Gasteiger partial charge in [-0.2, -0.15) is 0 Å². The minimum absolute atomic E-state index is 0.0901. The molecule has 0 radical (unpaired) electrons. The normalized spacial score (nSPS) is 23.5. The molecule has 0 bridgehead atoms. The molecule has 1 heterocycles. The predicted octanol–water partition coefficient (Wildman–Crippen LogP) is -1.45. The van der Waals surface area contributed by atoms with Gasteiger partial charge in [-0.3, -0.25) is 9.69 Å². The van der Waals surface area contributed by atoms with E-state index in [1.54, 1.807) is 4.90 Å². The Balaban J connectivity index is 2.32. The Morgan fingerprint density at radius 1 is 1.33 bits per heavy atom. The van der Waals surface area contributed by atoms with Crippen LogP contribution in [-0.2, 0) is 14.6 Å². The van der Waals surface area contributed by atoms with Gasteiger partial charge < -0.3 is 10.2 Å². The highest BCUT2D eigenvalue weighted by atomic mass is 32.2. The van der Waals surface area contributed by atoms with E-state index >= 15 is 0 Å². The van der Waals surface area contributed by atoms with E-state index in [4.69, 9.17) is 5.11 Å². The Hall–Kier alpha value is -0.660. The SMILES string of the molecule is O=C(O)CC(O)CN1CCS(=O)(=O)CC1. The number of aliphatic hydroxyl groups is 1. The van der Waals surface area contributed by atoms with Crippen LogP contribution in [-0.4, -0.2) is 66.7 Å². The third-order valence-corrected chi connectivity index (χ3v) is 3.93. The summed E-state index contributed by atoms with van der Waals surface area (Å²) in [6, 6.07) is 0. The Morgan fingerprint density at radius 3 is 2.33 bits per heavy atom. The van der Waals surface area contributed by atoms with Gasteiger partial charge in [0.2, 0.25) is 0 Å². The number of aliphatic hydroxyl groups excluding tert-OH is 1. The van der Waals surface area contributed by atoms with Gasteiger partial charge in [0, 0.05) is 19.6 Å². The van der Waals surface area contributed by atoms with Crippen molar-refractivity contribution in [3.63, 3.8) is 0 Å². The minimum Gasteiger partial charge on any atom is -0.481 e. The fourth-order valence-corrected chi connectivity index (χ4v) is 2.77. The zero-order valence-corrected chi connectivity index (χ0v) is 9.11. The van der Waals surface area contributed by atoms with Crippen LogP contribution < -0.4 is 0 Å². The Kier molecular flexibility index (Phi) is 4.06. The van der Waals surface area contributed by atoms with E-state index in [9.17, 15) is 18.3 Å². The Morgan fingerprint density at radius 2 is 1.87 bits per heavy atom. The van der Waals surface area contributed by atoms with Crippen molar-refractivity contribution in [2.75, 3.05) is 31.1 Å². The molecule has 1 rings (SSSR count). The first-order valence-corrected chi connectivity index (χ1v) is 6.54. The van der Waals surface area contributed by atoms with Crippen LogP contribution in [0.2, 0.25) is 0 Å². The molecule has 2 N–H and O–H groups in total. The first-order valence-electron chi connectivity index (χ1n) is 4.72. The molecule has 88 valence electrons. The minimum atomic E-state index is -2.91. The largest absolute Gasteiger partial charge is 0.481 e. The van der Waals surface area contributed by atoms with Crippen molar-refractivity contribution in [3.8, 4) is 0 Å². The maximum absolute atomic E-state index is 11.1. The van der Waals surface area contributed by atoms with E-state index in [1.165, 1.54) is 0 Å². The highest BCUT2D eigenvalue weighted by molar-refractivity contribution is 7.91. The van der Waals surface area contributed by atoms with E-state index in [2.05, 4.69) is 0 Å². The summed E-state index contributed by atoms with van der Waals surface area (Å²) < 4.78 is 22.2. The topological polar surface area (TPSA) is 94.9 Å². The third kappa shape index (κ3) is 4.59. The molecule has 1 aliphatic heterocycles. The number of aliphatic carboxylic acids is 1. The fraction of sp³-hybridized carbons (Fsp3) is 0.875. The molecule has 1 atom stereocenters. The standard InChI is InChI=1S/C8H15NO5S/c10-7(5-8(11)12)6-9-1-3-15(13,14)4-2-9/h7,10H,1-6H2,(H,11,12). The number of sulfone groups is 1. The molecule has 0 spiro atoms. The number of hydrogen-bond donors (Lipinski definition) is 2. The van der Waals surface area contributed by atoms with Crippen molar-refractivity contribution in [1.29, 1.82) is 0 Å². The second-order valence-corrected chi connectivity index (χ2v) is 6.01. The van der Waals surface area contributed by atoms with Crippen molar-refractivity contribution >= 4 is 15.8 Å². The molecule has 0 aromatic carbocycles. The van der Waals surface area contributed by atoms with Crippen molar-refractivity contribution in [2.24, 2.45) is 0 Å². The van der Waals surface area contributed by atoms with E-state index in [-0.39, 0.29) is 24.5 Å². The summed E-state index contributed by atoms with van der Waals surface area (Å²) in [6.45, 7) is 0.972. The molecular weight excluding hydrogens is 222 g/mol. The lowest BCUT2D eigenvalue weighted by Crippen LogP contribution is -2.44. The van der Waals surface area contributed by atoms with Crippen molar-refractivity contribution in [3.05, 3.63) is 0 Å². The molecule has 0 aliphatic carbocycles. The lowest BCUT2D eigenvalue weighted by Gasteiger charge is -2.27. The molecule has 0 aromatic heterocycles. The highest BCUT2D eigenvalue weighted by Gasteiger charge is 2.23. The molecule has 15 heavy (non-hydrogen) atoms. The van der Waals surface area contributed by atoms with Gasteiger partial charge in [0.05, 0.1) is 24.0 Å². The molecule has 1 unspecified atom stereocenters. The fourth-order valence-electron chi connectivity index (χ4n) is 1.50. The van der Waals surface area contributed by atoms with Gasteiger partial charge in [0.1, 0.15) is 0 Å². The summed E-state index contributed by atoms with van der Waals surface area (Å²) >= 11 is 0. The van der Waals surface area contributed by atoms with Crippen LogP contribution >= 0.6 is 0 Å². The first kappa shape index (κ1) is 12.4. The van der Waals surface area contributed by atoms with Crippen molar-refractivity contribution in [2.45, 2.75) is 12.5 Å². The molecule has 1 aliphatic rings. The monoisotopic (exact) mass is 237 g/mol. The molecular formula is C8H15NO5S. The molecule has 6 nitrogen and oxygen atoms in total. The maximum Gasteiger partial charge on any atom is 0.306 e. The van der Waals surface area contributed by atoms with E-state index < -0.39 is 21.9 Å². The molecule has 0 saturated carbocycles. The van der Waals surface area contributed by atoms with Gasteiger partial charge in [-0.1, -0.05) is 0 Å². The van der Waals surface area contributed by atoms with Gasteiger partial charge in [0.15, 0.2) is 9.84 Å². The number of β-amino-alcohol motifs (C(OH)–C–C–N with tert-alkyl or cyclic N) is 1. The molecule has 0 aromatic rings. The predicted molar refractivity (Wildman–Crippen MR) is 53.4 cm³/mol. The first-order chi connectivity index (χ1) is 6.89. The van der Waals surface area contributed by atoms with E-state index in [0.717, 1.165) is 0 Å². The van der Waals surface area contributed by atoms with Crippen LogP contribution in [0.1, 0.15) is 6.42 Å². The van der Waals surface area contributed by atoms with Crippen LogP contribution in [0, 0.1) is 0 Å². The van der Waals surface area contributed by atoms with Crippen LogP contribution in [0.3, 0.4) is 0 Å². The number of hydrogen-bond acceptors (Lipinski definition) is 5. The number of carbonyl (C=O) groups is 1. The van der Waals surface area contributed by atoms with Crippen LogP contribution in [0.5, 0.6) is 0 Å². The quantitative estimate of drug-likeness (QED) is 0.621. The summed E-state index contributed by atoms with van der Waals surface area (Å²) in [6.07, 6.45) is -1.23. The smallest absolute Gasteiger partial charge is 0.306 e. The van der Waals surface area contributed by atoms with Gasteiger partial charge in [-0.25, -0.2) is 8.42 Å². The summed E-state index contributed by atoms with van der Waals surface area (Å²) in [7, 11) is -2.91.